The Morgan fingerprint density at radius 3 is 1.89 bits per heavy atom. The van der Waals surface area contributed by atoms with E-state index >= 15 is 0 Å². The molecule has 0 bridgehead atoms. The monoisotopic (exact) mass is 370 g/mol. The molecule has 144 valence electrons. The first-order chi connectivity index (χ1) is 12.7. The summed E-state index contributed by atoms with van der Waals surface area (Å²) in [7, 11) is 3.00. The van der Waals surface area contributed by atoms with Gasteiger partial charge >= 0.3 is 5.97 Å². The van der Waals surface area contributed by atoms with E-state index < -0.39 is 5.97 Å². The van der Waals surface area contributed by atoms with Crippen LogP contribution in [0.2, 0.25) is 0 Å². The minimum Gasteiger partial charge on any atom is -0.497 e. The maximum atomic E-state index is 12.7. The van der Waals surface area contributed by atoms with Gasteiger partial charge in [-0.1, -0.05) is 0 Å². The van der Waals surface area contributed by atoms with Crippen LogP contribution in [-0.2, 0) is 4.74 Å². The van der Waals surface area contributed by atoms with Crippen molar-refractivity contribution in [3.63, 3.8) is 0 Å². The molecule has 27 heavy (non-hydrogen) atoms. The molecule has 5 heteroatoms. The summed E-state index contributed by atoms with van der Waals surface area (Å²) in [6.45, 7) is 9.45. The van der Waals surface area contributed by atoms with Crippen LogP contribution in [0.3, 0.4) is 0 Å². The molecule has 5 nitrogen and oxygen atoms in total. The lowest BCUT2D eigenvalue weighted by molar-refractivity contribution is 0.0472. The number of esters is 1. The molecule has 0 unspecified atom stereocenters. The van der Waals surface area contributed by atoms with Gasteiger partial charge in [0, 0.05) is 0 Å². The molecule has 0 heterocycles. The molecule has 2 aromatic carbocycles. The van der Waals surface area contributed by atoms with Gasteiger partial charge in [-0.25, -0.2) is 4.79 Å². The first kappa shape index (κ1) is 20.5. The molecular weight excluding hydrogens is 344 g/mol. The molecule has 0 fully saturated rings. The minimum absolute atomic E-state index is 0.314. The maximum absolute atomic E-state index is 12.7. The number of benzene rings is 2. The van der Waals surface area contributed by atoms with Gasteiger partial charge in [0.1, 0.15) is 11.5 Å². The molecule has 0 aliphatic rings. The summed E-state index contributed by atoms with van der Waals surface area (Å²) in [6, 6.07) is 4.92. The second-order valence-electron chi connectivity index (χ2n) is 6.57. The lowest BCUT2D eigenvalue weighted by Crippen LogP contribution is -2.18. The van der Waals surface area contributed by atoms with E-state index in [2.05, 4.69) is 0 Å². The molecule has 0 amide bonds. The number of carbonyl (C=O) groups excluding carboxylic acids is 2. The Kier molecular flexibility index (Phi) is 6.26. The quantitative estimate of drug-likeness (QED) is 0.561. The van der Waals surface area contributed by atoms with Crippen LogP contribution in [-0.4, -0.2) is 32.6 Å². The van der Waals surface area contributed by atoms with Gasteiger partial charge in [0.25, 0.3) is 0 Å². The highest BCUT2D eigenvalue weighted by atomic mass is 16.5. The van der Waals surface area contributed by atoms with Crippen molar-refractivity contribution < 1.29 is 23.8 Å². The first-order valence-electron chi connectivity index (χ1n) is 8.72. The van der Waals surface area contributed by atoms with Crippen LogP contribution in [0.15, 0.2) is 18.2 Å². The van der Waals surface area contributed by atoms with Crippen LogP contribution in [0.25, 0.3) is 0 Å². The molecule has 0 atom stereocenters. The van der Waals surface area contributed by atoms with Crippen LogP contribution in [0, 0.1) is 34.6 Å². The van der Waals surface area contributed by atoms with Crippen molar-refractivity contribution in [3.8, 4) is 11.5 Å². The number of carbonyl (C=O) groups is 2. The predicted octanol–water partition coefficient (Wildman–Crippen LogP) is 4.29. The summed E-state index contributed by atoms with van der Waals surface area (Å²) in [4.78, 5) is 25.3. The van der Waals surface area contributed by atoms with Crippen LogP contribution in [0.1, 0.15) is 48.5 Å². The summed E-state index contributed by atoms with van der Waals surface area (Å²) in [5.74, 6) is 0.0922. The third-order valence-corrected chi connectivity index (χ3v) is 5.25. The number of hydrogen-bond acceptors (Lipinski definition) is 5. The highest BCUT2D eigenvalue weighted by Gasteiger charge is 2.21. The molecule has 0 aromatic heterocycles. The van der Waals surface area contributed by atoms with Gasteiger partial charge in [-0.15, -0.1) is 0 Å². The fraction of sp³-hybridized carbons (Fsp3) is 0.364. The van der Waals surface area contributed by atoms with Crippen molar-refractivity contribution in [1.82, 2.24) is 0 Å². The van der Waals surface area contributed by atoms with Gasteiger partial charge in [-0.3, -0.25) is 4.79 Å². The summed E-state index contributed by atoms with van der Waals surface area (Å²) in [5, 5.41) is 0. The summed E-state index contributed by atoms with van der Waals surface area (Å²) in [6.07, 6.45) is 0. The van der Waals surface area contributed by atoms with Crippen LogP contribution < -0.4 is 9.47 Å². The largest absolute Gasteiger partial charge is 0.497 e. The third-order valence-electron chi connectivity index (χ3n) is 5.25. The predicted molar refractivity (Wildman–Crippen MR) is 104 cm³/mol. The summed E-state index contributed by atoms with van der Waals surface area (Å²) in [5.41, 5.74) is 5.89. The number of ether oxygens (including phenoxy) is 3. The first-order valence-corrected chi connectivity index (χ1v) is 8.72. The van der Waals surface area contributed by atoms with Crippen LogP contribution in [0.5, 0.6) is 11.5 Å². The molecule has 0 aliphatic heterocycles. The minimum atomic E-state index is -0.494. The fourth-order valence-corrected chi connectivity index (χ4v) is 3.12. The molecular formula is C22H26O5. The molecule has 2 rings (SSSR count). The van der Waals surface area contributed by atoms with Crippen molar-refractivity contribution in [2.45, 2.75) is 34.6 Å². The van der Waals surface area contributed by atoms with Crippen molar-refractivity contribution in [2.24, 2.45) is 0 Å². The summed E-state index contributed by atoms with van der Waals surface area (Å²) < 4.78 is 15.7. The standard InChI is InChI=1S/C22H26O5/c1-12-13(2)15(4)21(16(5)14(12)3)22(24)27-11-19(23)18-10-17(25-6)8-9-20(18)26-7/h8-10H,11H2,1-7H3. The van der Waals surface area contributed by atoms with Gasteiger partial charge in [-0.05, 0) is 80.6 Å². The van der Waals surface area contributed by atoms with E-state index in [1.165, 1.54) is 19.8 Å². The lowest BCUT2D eigenvalue weighted by atomic mass is 9.90. The molecule has 2 aromatic rings. The number of hydrogen-bond donors (Lipinski definition) is 0. The Balaban J connectivity index is 2.26. The Labute approximate surface area is 160 Å². The van der Waals surface area contributed by atoms with Crippen LogP contribution in [0.4, 0.5) is 0 Å². The zero-order chi connectivity index (χ0) is 20.3. The molecule has 0 aliphatic carbocycles. The van der Waals surface area contributed by atoms with Gasteiger partial charge in [0.2, 0.25) is 5.78 Å². The average molecular weight is 370 g/mol. The number of methoxy groups -OCH3 is 2. The maximum Gasteiger partial charge on any atom is 0.339 e. The Hall–Kier alpha value is -2.82. The molecule has 0 spiro atoms. The number of rotatable bonds is 6. The molecule has 0 saturated heterocycles. The van der Waals surface area contributed by atoms with Crippen LogP contribution >= 0.6 is 0 Å². The zero-order valence-corrected chi connectivity index (χ0v) is 17.0. The zero-order valence-electron chi connectivity index (χ0n) is 17.0. The smallest absolute Gasteiger partial charge is 0.339 e. The van der Waals surface area contributed by atoms with Gasteiger partial charge < -0.3 is 14.2 Å². The van der Waals surface area contributed by atoms with E-state index in [1.54, 1.807) is 18.2 Å². The normalized spacial score (nSPS) is 10.5. The second-order valence-corrected chi connectivity index (χ2v) is 6.57. The highest BCUT2D eigenvalue weighted by Crippen LogP contribution is 2.27. The molecule has 0 radical (unpaired) electrons. The van der Waals surface area contributed by atoms with E-state index in [1.807, 2.05) is 34.6 Å². The second kappa shape index (κ2) is 8.25. The van der Waals surface area contributed by atoms with E-state index in [9.17, 15) is 9.59 Å². The SMILES string of the molecule is COc1ccc(OC)c(C(=O)COC(=O)c2c(C)c(C)c(C)c(C)c2C)c1. The molecule has 0 saturated carbocycles. The van der Waals surface area contributed by atoms with E-state index in [-0.39, 0.29) is 12.4 Å². The van der Waals surface area contributed by atoms with Crippen molar-refractivity contribution in [3.05, 3.63) is 57.1 Å². The average Bonchev–Trinajstić information content (AvgIpc) is 2.68. The van der Waals surface area contributed by atoms with E-state index in [4.69, 9.17) is 14.2 Å². The topological polar surface area (TPSA) is 61.8 Å². The fourth-order valence-electron chi connectivity index (χ4n) is 3.12. The Bertz CT molecular complexity index is 867. The summed E-state index contributed by atoms with van der Waals surface area (Å²) >= 11 is 0. The van der Waals surface area contributed by atoms with Gasteiger partial charge in [0.05, 0.1) is 25.3 Å². The van der Waals surface area contributed by atoms with E-state index in [0.29, 0.717) is 22.6 Å². The van der Waals surface area contributed by atoms with Gasteiger partial charge in [0.15, 0.2) is 6.61 Å². The van der Waals surface area contributed by atoms with E-state index in [0.717, 1.165) is 22.3 Å². The molecule has 0 N–H and O–H groups in total. The van der Waals surface area contributed by atoms with Crippen molar-refractivity contribution in [1.29, 1.82) is 0 Å². The number of ketones is 1. The third kappa shape index (κ3) is 3.97. The Morgan fingerprint density at radius 1 is 0.815 bits per heavy atom. The lowest BCUT2D eigenvalue weighted by Gasteiger charge is -2.17. The Morgan fingerprint density at radius 2 is 1.37 bits per heavy atom. The van der Waals surface area contributed by atoms with Crippen molar-refractivity contribution >= 4 is 11.8 Å². The highest BCUT2D eigenvalue weighted by molar-refractivity contribution is 6.02. The van der Waals surface area contributed by atoms with Gasteiger partial charge in [-0.2, -0.15) is 0 Å². The van der Waals surface area contributed by atoms with Crippen molar-refractivity contribution in [2.75, 3.05) is 20.8 Å². The number of Topliss-reactive ketones (excluding diaryl/α,β-unsaturated/α-hetero) is 1.